The molecule has 84 valence electrons. The summed E-state index contributed by atoms with van der Waals surface area (Å²) in [6.07, 6.45) is 3.52. The van der Waals surface area contributed by atoms with Gasteiger partial charge in [-0.2, -0.15) is 5.10 Å². The number of aryl methyl sites for hydroxylation is 1. The minimum absolute atomic E-state index is 0.356. The summed E-state index contributed by atoms with van der Waals surface area (Å²) in [6.45, 7) is 1.93. The Bertz CT molecular complexity index is 523. The van der Waals surface area contributed by atoms with E-state index in [0.29, 0.717) is 21.7 Å². The fourth-order valence-corrected chi connectivity index (χ4v) is 1.75. The maximum absolute atomic E-state index is 6.03. The summed E-state index contributed by atoms with van der Waals surface area (Å²) in [6, 6.07) is 1.57. The van der Waals surface area contributed by atoms with Gasteiger partial charge in [0.05, 0.1) is 16.2 Å². The summed E-state index contributed by atoms with van der Waals surface area (Å²) in [7, 11) is 0. The number of hydrogen-bond donors (Lipinski definition) is 2. The molecule has 0 aliphatic rings. The van der Waals surface area contributed by atoms with E-state index >= 15 is 0 Å². The summed E-state index contributed by atoms with van der Waals surface area (Å²) in [5.41, 5.74) is 3.41. The minimum atomic E-state index is 0.356. The number of aromatic nitrogens is 3. The average Bonchev–Trinajstić information content (AvgIpc) is 2.65. The molecule has 2 aromatic heterocycles. The van der Waals surface area contributed by atoms with E-state index in [0.717, 1.165) is 5.56 Å². The first-order valence-electron chi connectivity index (χ1n) is 4.46. The van der Waals surface area contributed by atoms with Crippen LogP contribution in [0.2, 0.25) is 10.0 Å². The zero-order chi connectivity index (χ0) is 11.7. The van der Waals surface area contributed by atoms with E-state index in [1.54, 1.807) is 16.9 Å². The van der Waals surface area contributed by atoms with Gasteiger partial charge in [0.25, 0.3) is 0 Å². The molecule has 0 aromatic carbocycles. The van der Waals surface area contributed by atoms with Crippen molar-refractivity contribution in [2.45, 2.75) is 6.92 Å². The number of hydrogen-bond acceptors (Lipinski definition) is 4. The van der Waals surface area contributed by atoms with Crippen molar-refractivity contribution in [1.29, 1.82) is 0 Å². The lowest BCUT2D eigenvalue weighted by Crippen LogP contribution is -2.11. The Labute approximate surface area is 102 Å². The fourth-order valence-electron chi connectivity index (χ4n) is 1.25. The number of nitrogen functional groups attached to an aromatic ring is 1. The molecule has 0 fully saturated rings. The van der Waals surface area contributed by atoms with Crippen LogP contribution in [0, 0.1) is 6.92 Å². The van der Waals surface area contributed by atoms with Crippen LogP contribution in [-0.2, 0) is 0 Å². The van der Waals surface area contributed by atoms with Gasteiger partial charge in [0, 0.05) is 6.20 Å². The Balaban J connectivity index is 2.56. The fraction of sp³-hybridized carbons (Fsp3) is 0.111. The van der Waals surface area contributed by atoms with Crippen LogP contribution in [0.5, 0.6) is 0 Å². The molecule has 0 aliphatic heterocycles. The number of halogens is 2. The SMILES string of the molecule is Cc1cnn(-c2nc(NN)c(Cl)cc2Cl)c1. The normalized spacial score (nSPS) is 10.5. The van der Waals surface area contributed by atoms with Gasteiger partial charge >= 0.3 is 0 Å². The van der Waals surface area contributed by atoms with E-state index in [-0.39, 0.29) is 0 Å². The Morgan fingerprint density at radius 3 is 2.69 bits per heavy atom. The second kappa shape index (κ2) is 4.29. The van der Waals surface area contributed by atoms with Gasteiger partial charge in [-0.25, -0.2) is 15.5 Å². The maximum atomic E-state index is 6.03. The zero-order valence-corrected chi connectivity index (χ0v) is 9.92. The molecule has 2 heterocycles. The molecule has 0 saturated heterocycles. The predicted octanol–water partition coefficient (Wildman–Crippen LogP) is 2.17. The van der Waals surface area contributed by atoms with E-state index in [1.165, 1.54) is 0 Å². The summed E-state index contributed by atoms with van der Waals surface area (Å²) in [4.78, 5) is 4.17. The molecule has 0 radical (unpaired) electrons. The Hall–Kier alpha value is -1.30. The highest BCUT2D eigenvalue weighted by Crippen LogP contribution is 2.27. The first kappa shape index (κ1) is 11.2. The van der Waals surface area contributed by atoms with Gasteiger partial charge in [-0.1, -0.05) is 23.2 Å². The molecule has 0 atom stereocenters. The summed E-state index contributed by atoms with van der Waals surface area (Å²) in [5.74, 6) is 6.12. The van der Waals surface area contributed by atoms with Gasteiger partial charge in [-0.05, 0) is 18.6 Å². The lowest BCUT2D eigenvalue weighted by molar-refractivity contribution is 0.847. The molecule has 0 amide bonds. The number of anilines is 1. The molecule has 5 nitrogen and oxygen atoms in total. The van der Waals surface area contributed by atoms with Crippen molar-refractivity contribution in [3.63, 3.8) is 0 Å². The Kier molecular flexibility index (Phi) is 3.00. The van der Waals surface area contributed by atoms with Crippen molar-refractivity contribution >= 4 is 29.0 Å². The molecule has 2 aromatic rings. The van der Waals surface area contributed by atoms with Gasteiger partial charge in [0.2, 0.25) is 0 Å². The van der Waals surface area contributed by atoms with Crippen LogP contribution < -0.4 is 11.3 Å². The molecule has 0 spiro atoms. The van der Waals surface area contributed by atoms with Crippen molar-refractivity contribution in [1.82, 2.24) is 14.8 Å². The van der Waals surface area contributed by atoms with Crippen LogP contribution in [0.3, 0.4) is 0 Å². The third kappa shape index (κ3) is 1.97. The van der Waals surface area contributed by atoms with Gasteiger partial charge in [0.1, 0.15) is 0 Å². The lowest BCUT2D eigenvalue weighted by atomic mass is 10.4. The molecular formula is C9H9Cl2N5. The first-order valence-corrected chi connectivity index (χ1v) is 5.21. The van der Waals surface area contributed by atoms with Crippen LogP contribution in [0.1, 0.15) is 5.56 Å². The Morgan fingerprint density at radius 1 is 1.38 bits per heavy atom. The highest BCUT2D eigenvalue weighted by molar-refractivity contribution is 6.36. The van der Waals surface area contributed by atoms with E-state index in [2.05, 4.69) is 15.5 Å². The van der Waals surface area contributed by atoms with Crippen molar-refractivity contribution in [3.8, 4) is 5.82 Å². The van der Waals surface area contributed by atoms with Crippen LogP contribution in [-0.4, -0.2) is 14.8 Å². The topological polar surface area (TPSA) is 68.8 Å². The van der Waals surface area contributed by atoms with Crippen molar-refractivity contribution in [2.75, 3.05) is 5.43 Å². The monoisotopic (exact) mass is 257 g/mol. The highest BCUT2D eigenvalue weighted by atomic mass is 35.5. The van der Waals surface area contributed by atoms with E-state index in [4.69, 9.17) is 29.0 Å². The molecule has 2 rings (SSSR count). The molecule has 0 saturated carbocycles. The van der Waals surface area contributed by atoms with Gasteiger partial charge < -0.3 is 5.43 Å². The third-order valence-electron chi connectivity index (χ3n) is 1.98. The molecule has 0 unspecified atom stereocenters. The third-order valence-corrected chi connectivity index (χ3v) is 2.54. The molecule has 3 N–H and O–H groups in total. The predicted molar refractivity (Wildman–Crippen MR) is 63.9 cm³/mol. The summed E-state index contributed by atoms with van der Waals surface area (Å²) >= 11 is 11.9. The molecule has 0 bridgehead atoms. The number of rotatable bonds is 2. The maximum Gasteiger partial charge on any atom is 0.174 e. The second-order valence-corrected chi connectivity index (χ2v) is 4.05. The van der Waals surface area contributed by atoms with E-state index in [9.17, 15) is 0 Å². The van der Waals surface area contributed by atoms with Gasteiger partial charge in [0.15, 0.2) is 11.6 Å². The van der Waals surface area contributed by atoms with Crippen molar-refractivity contribution in [3.05, 3.63) is 34.1 Å². The average molecular weight is 258 g/mol. The van der Waals surface area contributed by atoms with E-state index < -0.39 is 0 Å². The number of nitrogens with one attached hydrogen (secondary N) is 1. The van der Waals surface area contributed by atoms with Crippen LogP contribution >= 0.6 is 23.2 Å². The van der Waals surface area contributed by atoms with Gasteiger partial charge in [-0.3, -0.25) is 0 Å². The van der Waals surface area contributed by atoms with Crippen LogP contribution in [0.25, 0.3) is 5.82 Å². The Morgan fingerprint density at radius 2 is 2.12 bits per heavy atom. The molecule has 16 heavy (non-hydrogen) atoms. The smallest absolute Gasteiger partial charge is 0.174 e. The lowest BCUT2D eigenvalue weighted by Gasteiger charge is -2.07. The highest BCUT2D eigenvalue weighted by Gasteiger charge is 2.10. The first-order chi connectivity index (χ1) is 7.61. The minimum Gasteiger partial charge on any atom is -0.307 e. The number of hydrazine groups is 1. The van der Waals surface area contributed by atoms with Crippen LogP contribution in [0.15, 0.2) is 18.5 Å². The molecule has 7 heteroatoms. The number of nitrogens with zero attached hydrogens (tertiary/aromatic N) is 3. The molecule has 0 aliphatic carbocycles. The quantitative estimate of drug-likeness (QED) is 0.639. The number of nitrogens with two attached hydrogens (primary N) is 1. The number of pyridine rings is 1. The largest absolute Gasteiger partial charge is 0.307 e. The van der Waals surface area contributed by atoms with Crippen molar-refractivity contribution < 1.29 is 0 Å². The zero-order valence-electron chi connectivity index (χ0n) is 8.41. The summed E-state index contributed by atoms with van der Waals surface area (Å²) < 4.78 is 1.56. The second-order valence-electron chi connectivity index (χ2n) is 3.23. The standard InChI is InChI=1S/C9H9Cl2N5/c1-5-3-13-16(4-5)9-7(11)2-6(10)8(14-9)15-12/h2-4H,12H2,1H3,(H,14,15). The van der Waals surface area contributed by atoms with E-state index in [1.807, 2.05) is 13.1 Å². The van der Waals surface area contributed by atoms with Gasteiger partial charge in [-0.15, -0.1) is 0 Å². The molecular weight excluding hydrogens is 249 g/mol. The van der Waals surface area contributed by atoms with Crippen LogP contribution in [0.4, 0.5) is 5.82 Å². The summed E-state index contributed by atoms with van der Waals surface area (Å²) in [5, 5.41) is 4.88. The van der Waals surface area contributed by atoms with Crippen molar-refractivity contribution in [2.24, 2.45) is 5.84 Å².